The first-order chi connectivity index (χ1) is 12.3. The van der Waals surface area contributed by atoms with Crippen LogP contribution in [-0.4, -0.2) is 6.61 Å². The fraction of sp³-hybridized carbons (Fsp3) is 0.217. The first-order valence-electron chi connectivity index (χ1n) is 8.83. The van der Waals surface area contributed by atoms with E-state index in [1.165, 1.54) is 5.56 Å². The van der Waals surface area contributed by atoms with Crippen molar-refractivity contribution in [3.05, 3.63) is 83.9 Å². The molecule has 0 aliphatic carbocycles. The minimum Gasteiger partial charge on any atom is -0.493 e. The lowest BCUT2D eigenvalue weighted by Crippen LogP contribution is -2.01. The molecule has 0 atom stereocenters. The Morgan fingerprint density at radius 3 is 2.04 bits per heavy atom. The van der Waals surface area contributed by atoms with Gasteiger partial charge in [0.2, 0.25) is 0 Å². The lowest BCUT2D eigenvalue weighted by molar-refractivity contribution is 0.300. The largest absolute Gasteiger partial charge is 0.493 e. The third-order valence-electron chi connectivity index (χ3n) is 4.17. The van der Waals surface area contributed by atoms with Crippen molar-refractivity contribution in [2.75, 3.05) is 6.61 Å². The maximum absolute atomic E-state index is 6.18. The Morgan fingerprint density at radius 1 is 0.720 bits per heavy atom. The van der Waals surface area contributed by atoms with Crippen LogP contribution in [0.2, 0.25) is 0 Å². The van der Waals surface area contributed by atoms with E-state index in [0.29, 0.717) is 13.2 Å². The van der Waals surface area contributed by atoms with Gasteiger partial charge in [0.25, 0.3) is 0 Å². The van der Waals surface area contributed by atoms with Crippen LogP contribution in [0.1, 0.15) is 25.0 Å². The van der Waals surface area contributed by atoms with Gasteiger partial charge in [-0.15, -0.1) is 0 Å². The van der Waals surface area contributed by atoms with E-state index in [9.17, 15) is 0 Å². The van der Waals surface area contributed by atoms with Crippen molar-refractivity contribution in [2.24, 2.45) is 0 Å². The van der Waals surface area contributed by atoms with E-state index in [1.807, 2.05) is 37.3 Å². The van der Waals surface area contributed by atoms with Gasteiger partial charge >= 0.3 is 0 Å². The lowest BCUT2D eigenvalue weighted by atomic mass is 10.00. The van der Waals surface area contributed by atoms with E-state index < -0.39 is 0 Å². The van der Waals surface area contributed by atoms with Gasteiger partial charge in [0.1, 0.15) is 18.1 Å². The van der Waals surface area contributed by atoms with Gasteiger partial charge in [0.15, 0.2) is 0 Å². The summed E-state index contributed by atoms with van der Waals surface area (Å²) in [6.45, 7) is 5.35. The van der Waals surface area contributed by atoms with Crippen LogP contribution in [0.5, 0.6) is 11.5 Å². The summed E-state index contributed by atoms with van der Waals surface area (Å²) in [7, 11) is 0. The van der Waals surface area contributed by atoms with Gasteiger partial charge in [-0.25, -0.2) is 0 Å². The minimum atomic E-state index is 0.539. The van der Waals surface area contributed by atoms with Crippen LogP contribution in [0.3, 0.4) is 0 Å². The average molecular weight is 332 g/mol. The molecule has 0 fully saturated rings. The fourth-order valence-corrected chi connectivity index (χ4v) is 2.87. The summed E-state index contributed by atoms with van der Waals surface area (Å²) in [5, 5.41) is 0. The highest BCUT2D eigenvalue weighted by Gasteiger charge is 2.13. The number of aryl methyl sites for hydroxylation is 1. The summed E-state index contributed by atoms with van der Waals surface area (Å²) < 4.78 is 12.0. The molecular formula is C23H24O2. The highest BCUT2D eigenvalue weighted by atomic mass is 16.5. The van der Waals surface area contributed by atoms with Gasteiger partial charge in [0.05, 0.1) is 6.61 Å². The van der Waals surface area contributed by atoms with Crippen LogP contribution < -0.4 is 9.47 Å². The molecule has 2 nitrogen and oxygen atoms in total. The fourth-order valence-electron chi connectivity index (χ4n) is 2.87. The summed E-state index contributed by atoms with van der Waals surface area (Å²) in [4.78, 5) is 0. The van der Waals surface area contributed by atoms with Crippen LogP contribution in [0, 0.1) is 0 Å². The zero-order chi connectivity index (χ0) is 17.5. The maximum atomic E-state index is 6.18. The monoisotopic (exact) mass is 332 g/mol. The molecule has 0 aliphatic rings. The molecule has 3 aromatic carbocycles. The van der Waals surface area contributed by atoms with E-state index in [2.05, 4.69) is 49.4 Å². The third kappa shape index (κ3) is 4.21. The molecule has 0 saturated heterocycles. The molecule has 0 aromatic heterocycles. The minimum absolute atomic E-state index is 0.539. The first-order valence-corrected chi connectivity index (χ1v) is 8.83. The zero-order valence-electron chi connectivity index (χ0n) is 14.9. The SMILES string of the molecule is CCOc1cc(OCc2ccccc2)c(-c2ccccc2)cc1CC. The van der Waals surface area contributed by atoms with Crippen molar-refractivity contribution >= 4 is 0 Å². The molecule has 0 unspecified atom stereocenters. The molecule has 0 heterocycles. The van der Waals surface area contributed by atoms with E-state index in [0.717, 1.165) is 34.6 Å². The van der Waals surface area contributed by atoms with Gasteiger partial charge < -0.3 is 9.47 Å². The predicted molar refractivity (Wildman–Crippen MR) is 103 cm³/mol. The molecule has 0 amide bonds. The standard InChI is InChI=1S/C23H24O2/c1-3-19-15-21(20-13-9-6-10-14-20)23(16-22(19)24-4-2)25-17-18-11-7-5-8-12-18/h5-16H,3-4,17H2,1-2H3. The van der Waals surface area contributed by atoms with Gasteiger partial charge in [-0.2, -0.15) is 0 Å². The molecule has 0 radical (unpaired) electrons. The van der Waals surface area contributed by atoms with Gasteiger partial charge in [-0.05, 0) is 36.1 Å². The molecule has 0 spiro atoms. The number of benzene rings is 3. The molecule has 0 aliphatic heterocycles. The summed E-state index contributed by atoms with van der Waals surface area (Å²) in [5.41, 5.74) is 4.62. The number of hydrogen-bond donors (Lipinski definition) is 0. The summed E-state index contributed by atoms with van der Waals surface area (Å²) in [6, 6.07) is 24.8. The molecule has 0 N–H and O–H groups in total. The van der Waals surface area contributed by atoms with Crippen molar-refractivity contribution < 1.29 is 9.47 Å². The van der Waals surface area contributed by atoms with Crippen molar-refractivity contribution in [3.8, 4) is 22.6 Å². The zero-order valence-corrected chi connectivity index (χ0v) is 14.9. The van der Waals surface area contributed by atoms with E-state index in [1.54, 1.807) is 0 Å². The molecule has 0 bridgehead atoms. The molecule has 25 heavy (non-hydrogen) atoms. The predicted octanol–water partition coefficient (Wildman–Crippen LogP) is 5.89. The van der Waals surface area contributed by atoms with Crippen molar-refractivity contribution in [1.82, 2.24) is 0 Å². The summed E-state index contributed by atoms with van der Waals surface area (Å²) in [6.07, 6.45) is 0.925. The first kappa shape index (κ1) is 17.1. The smallest absolute Gasteiger partial charge is 0.131 e. The Kier molecular flexibility index (Phi) is 5.73. The normalized spacial score (nSPS) is 10.5. The lowest BCUT2D eigenvalue weighted by Gasteiger charge is -2.17. The second-order valence-electron chi connectivity index (χ2n) is 5.88. The third-order valence-corrected chi connectivity index (χ3v) is 4.17. The number of hydrogen-bond acceptors (Lipinski definition) is 2. The van der Waals surface area contributed by atoms with Crippen LogP contribution in [0.4, 0.5) is 0 Å². The molecular weight excluding hydrogens is 308 g/mol. The molecule has 2 heteroatoms. The van der Waals surface area contributed by atoms with Crippen LogP contribution >= 0.6 is 0 Å². The number of ether oxygens (including phenoxy) is 2. The topological polar surface area (TPSA) is 18.5 Å². The summed E-state index contributed by atoms with van der Waals surface area (Å²) in [5.74, 6) is 1.77. The Hall–Kier alpha value is -2.74. The van der Waals surface area contributed by atoms with Crippen molar-refractivity contribution in [2.45, 2.75) is 26.9 Å². The van der Waals surface area contributed by atoms with Crippen LogP contribution in [0.15, 0.2) is 72.8 Å². The van der Waals surface area contributed by atoms with Crippen LogP contribution in [-0.2, 0) is 13.0 Å². The van der Waals surface area contributed by atoms with Crippen LogP contribution in [0.25, 0.3) is 11.1 Å². The van der Waals surface area contributed by atoms with Crippen molar-refractivity contribution in [1.29, 1.82) is 0 Å². The van der Waals surface area contributed by atoms with E-state index >= 15 is 0 Å². The Bertz CT molecular complexity index is 795. The Balaban J connectivity index is 1.99. The van der Waals surface area contributed by atoms with Gasteiger partial charge in [-0.3, -0.25) is 0 Å². The second kappa shape index (κ2) is 8.39. The highest BCUT2D eigenvalue weighted by Crippen LogP contribution is 2.37. The summed E-state index contributed by atoms with van der Waals surface area (Å²) >= 11 is 0. The number of rotatable bonds is 7. The maximum Gasteiger partial charge on any atom is 0.131 e. The Labute approximate surface area is 150 Å². The molecule has 3 rings (SSSR count). The van der Waals surface area contributed by atoms with Gasteiger partial charge in [0, 0.05) is 11.6 Å². The van der Waals surface area contributed by atoms with Gasteiger partial charge in [-0.1, -0.05) is 67.6 Å². The quantitative estimate of drug-likeness (QED) is 0.537. The molecule has 0 saturated carbocycles. The molecule has 128 valence electrons. The average Bonchev–Trinajstić information content (AvgIpc) is 2.68. The molecule has 3 aromatic rings. The van der Waals surface area contributed by atoms with E-state index in [4.69, 9.17) is 9.47 Å². The highest BCUT2D eigenvalue weighted by molar-refractivity contribution is 5.73. The Morgan fingerprint density at radius 2 is 1.40 bits per heavy atom. The van der Waals surface area contributed by atoms with Crippen molar-refractivity contribution in [3.63, 3.8) is 0 Å². The van der Waals surface area contributed by atoms with E-state index in [-0.39, 0.29) is 0 Å². The second-order valence-corrected chi connectivity index (χ2v) is 5.88.